The minimum atomic E-state index is -4.38. The highest BCUT2D eigenvalue weighted by atomic mass is 31.2. The Morgan fingerprint density at radius 2 is 1.94 bits per heavy atom. The van der Waals surface area contributed by atoms with Crippen LogP contribution in [-0.2, 0) is 46.5 Å². The zero-order valence-corrected chi connectivity index (χ0v) is 19.1. The summed E-state index contributed by atoms with van der Waals surface area (Å²) in [4.78, 5) is 14.5. The van der Waals surface area contributed by atoms with Crippen molar-refractivity contribution < 1.29 is 46.5 Å². The standard InChI is InChI=1S/C17H27B3NO10P/c1-9-11(28-16(18)13(9)27-10(2)22)8-26-32(23,25-6-5-21-3)31-14-12(7-24-4)29-17(19)15(14)30-20/h9,11-17H,5-8,20H2,1-2,4H3/t9?,11-,12-,13+,14?,15+,16-,17-,32?/m1/s1/i20TD. The topological polar surface area (TPSA) is 112 Å². The van der Waals surface area contributed by atoms with Gasteiger partial charge < -0.3 is 28.4 Å². The van der Waals surface area contributed by atoms with E-state index in [4.69, 9.17) is 62.1 Å². The van der Waals surface area contributed by atoms with Crippen LogP contribution in [0.1, 0.15) is 13.8 Å². The second kappa shape index (κ2) is 12.5. The van der Waals surface area contributed by atoms with Gasteiger partial charge >= 0.3 is 13.8 Å². The van der Waals surface area contributed by atoms with Crippen molar-refractivity contribution in [1.82, 2.24) is 0 Å². The van der Waals surface area contributed by atoms with Crippen molar-refractivity contribution in [2.75, 3.05) is 33.5 Å². The lowest BCUT2D eigenvalue weighted by Crippen LogP contribution is -2.38. The summed E-state index contributed by atoms with van der Waals surface area (Å²) in [5.74, 6) is -0.924. The highest BCUT2D eigenvalue weighted by Gasteiger charge is 2.48. The minimum Gasteiger partial charge on any atom is -0.460 e. The molecule has 3 unspecified atom stereocenters. The third-order valence-electron chi connectivity index (χ3n) is 5.00. The van der Waals surface area contributed by atoms with E-state index < -0.39 is 70.2 Å². The van der Waals surface area contributed by atoms with Crippen molar-refractivity contribution in [3.63, 3.8) is 0 Å². The summed E-state index contributed by atoms with van der Waals surface area (Å²) >= 11 is 0. The van der Waals surface area contributed by atoms with Crippen molar-refractivity contribution in [3.8, 4) is 0 Å². The maximum Gasteiger partial charge on any atom is 0.475 e. The number of rotatable bonds is 13. The van der Waals surface area contributed by atoms with Crippen LogP contribution in [0, 0.1) is 12.5 Å². The Morgan fingerprint density at radius 3 is 2.56 bits per heavy atom. The molecule has 0 aromatic heterocycles. The number of phosphoric acid groups is 1. The van der Waals surface area contributed by atoms with Gasteiger partial charge in [-0.1, -0.05) is 6.92 Å². The van der Waals surface area contributed by atoms with E-state index in [0.29, 0.717) is 0 Å². The first-order valence-corrected chi connectivity index (χ1v) is 11.4. The summed E-state index contributed by atoms with van der Waals surface area (Å²) in [5, 5.41) is 0. The van der Waals surface area contributed by atoms with E-state index >= 15 is 0 Å². The summed E-state index contributed by atoms with van der Waals surface area (Å²) in [7, 11) is 7.10. The van der Waals surface area contributed by atoms with Crippen LogP contribution in [0.2, 0.25) is 0 Å². The molecule has 0 aliphatic carbocycles. The Labute approximate surface area is 194 Å². The van der Waals surface area contributed by atoms with Crippen LogP contribution in [0.25, 0.3) is 4.85 Å². The molecule has 174 valence electrons. The van der Waals surface area contributed by atoms with Gasteiger partial charge in [0, 0.05) is 28.6 Å². The molecule has 4 radical (unpaired) electrons. The Morgan fingerprint density at radius 1 is 1.25 bits per heavy atom. The van der Waals surface area contributed by atoms with Gasteiger partial charge in [-0.2, -0.15) is 0 Å². The number of carbonyl (C=O) groups is 1. The fourth-order valence-corrected chi connectivity index (χ4v) is 4.80. The Kier molecular flexibility index (Phi) is 9.49. The summed E-state index contributed by atoms with van der Waals surface area (Å²) in [6, 6.07) is -2.01. The number of nitrogens with zero attached hydrogens (tertiary/aromatic N) is 1. The average molecular weight is 472 g/mol. The molecule has 0 amide bonds. The summed E-state index contributed by atoms with van der Waals surface area (Å²) in [5.41, 5.74) is 0. The molecule has 9 atom stereocenters. The van der Waals surface area contributed by atoms with Crippen molar-refractivity contribution in [2.24, 2.45) is 5.92 Å². The quantitative estimate of drug-likeness (QED) is 0.113. The Bertz CT molecular complexity index is 766. The van der Waals surface area contributed by atoms with Gasteiger partial charge in [0.05, 0.1) is 31.4 Å². The number of carbonyl (C=O) groups excluding carboxylic acids is 1. The Balaban J connectivity index is 2.16. The van der Waals surface area contributed by atoms with Crippen molar-refractivity contribution >= 4 is 37.5 Å². The number of methoxy groups -OCH3 is 1. The molecule has 32 heavy (non-hydrogen) atoms. The lowest BCUT2D eigenvalue weighted by Gasteiger charge is -2.28. The van der Waals surface area contributed by atoms with Crippen molar-refractivity contribution in [3.05, 3.63) is 11.4 Å². The van der Waals surface area contributed by atoms with Crippen molar-refractivity contribution in [2.45, 2.75) is 56.4 Å². The number of hydrogen-bond donors (Lipinski definition) is 0. The molecule has 0 N–H and O–H groups in total. The van der Waals surface area contributed by atoms with Gasteiger partial charge in [-0.05, 0) is 0 Å². The van der Waals surface area contributed by atoms with E-state index in [2.05, 4.69) is 4.85 Å². The second-order valence-corrected chi connectivity index (χ2v) is 8.92. The van der Waals surface area contributed by atoms with E-state index in [1.54, 1.807) is 6.92 Å². The normalized spacial score (nSPS) is 37.2. The van der Waals surface area contributed by atoms with Crippen LogP contribution in [0.5, 0.6) is 0 Å². The molecule has 2 saturated heterocycles. The van der Waals surface area contributed by atoms with Crippen molar-refractivity contribution in [1.29, 1.82) is 2.67 Å². The molecular formula is C17H27B3NO10P. The van der Waals surface area contributed by atoms with Gasteiger partial charge in [-0.15, -0.1) is 0 Å². The van der Waals surface area contributed by atoms with E-state index in [1.807, 2.05) is 0 Å². The van der Waals surface area contributed by atoms with Crippen LogP contribution in [0.3, 0.4) is 0 Å². The highest BCUT2D eigenvalue weighted by molar-refractivity contribution is 7.48. The molecule has 2 fully saturated rings. The Hall–Kier alpha value is -0.895. The van der Waals surface area contributed by atoms with Gasteiger partial charge in [0.2, 0.25) is 6.54 Å². The number of esters is 1. The third kappa shape index (κ3) is 7.05. The number of ether oxygens (including phenoxy) is 4. The van der Waals surface area contributed by atoms with E-state index in [0.717, 1.165) is 0 Å². The first kappa shape index (κ1) is 24.2. The molecule has 0 aromatic rings. The maximum absolute atomic E-state index is 13.5. The molecule has 0 aromatic carbocycles. The van der Waals surface area contributed by atoms with Gasteiger partial charge in [0.25, 0.3) is 7.98 Å². The smallest absolute Gasteiger partial charge is 0.460 e. The minimum absolute atomic E-state index is 0.0252. The molecule has 2 aliphatic heterocycles. The third-order valence-corrected chi connectivity index (χ3v) is 6.46. The molecule has 0 bridgehead atoms. The molecule has 0 spiro atoms. The molecule has 15 heteroatoms. The van der Waals surface area contributed by atoms with Crippen LogP contribution in [0.4, 0.5) is 0 Å². The van der Waals surface area contributed by atoms with E-state index in [-0.39, 0.29) is 26.4 Å². The van der Waals surface area contributed by atoms with E-state index in [1.165, 1.54) is 14.0 Å². The molecule has 0 saturated carbocycles. The summed E-state index contributed by atoms with van der Waals surface area (Å²) in [6.45, 7) is 9.17. The lowest BCUT2D eigenvalue weighted by atomic mass is 9.88. The van der Waals surface area contributed by atoms with Crippen LogP contribution in [0.15, 0.2) is 0 Å². The monoisotopic (exact) mass is 472 g/mol. The lowest BCUT2D eigenvalue weighted by molar-refractivity contribution is -0.148. The van der Waals surface area contributed by atoms with Gasteiger partial charge in [-0.3, -0.25) is 18.4 Å². The fourth-order valence-electron chi connectivity index (χ4n) is 3.42. The van der Waals surface area contributed by atoms with Gasteiger partial charge in [-0.25, -0.2) is 11.1 Å². The van der Waals surface area contributed by atoms with Gasteiger partial charge in [0.1, 0.15) is 40.6 Å². The molecule has 11 nitrogen and oxygen atoms in total. The SMILES string of the molecule is [2H]B([3H])O[C@H]1C(OP(=O)(OCC[N+]#[C-])OC[C@H]2O[C@@H]([B])[C@@H](OC(C)=O)C2C)[C@@H](COC)O[C@H]1[B]. The largest absolute Gasteiger partial charge is 0.475 e. The van der Waals surface area contributed by atoms with Crippen LogP contribution >= 0.6 is 7.82 Å². The summed E-state index contributed by atoms with van der Waals surface area (Å²) < 4.78 is 71.3. The highest BCUT2D eigenvalue weighted by Crippen LogP contribution is 2.53. The van der Waals surface area contributed by atoms with Crippen LogP contribution in [-0.4, -0.2) is 108 Å². The number of hydrogen-bond acceptors (Lipinski definition) is 10. The first-order valence-electron chi connectivity index (χ1n) is 11.1. The first-order chi connectivity index (χ1) is 16.0. The average Bonchev–Trinajstić information content (AvgIpc) is 3.17. The predicted octanol–water partition coefficient (Wildman–Crippen LogP) is -0.634. The molecule has 2 aliphatic rings. The van der Waals surface area contributed by atoms with Crippen LogP contribution < -0.4 is 0 Å². The number of phosphoric ester groups is 1. The fraction of sp³-hybridized carbons (Fsp3) is 0.882. The zero-order valence-electron chi connectivity index (χ0n) is 20.2. The second-order valence-electron chi connectivity index (χ2n) is 7.30. The van der Waals surface area contributed by atoms with Gasteiger partial charge in [0.15, 0.2) is 0 Å². The molecular weight excluding hydrogens is 442 g/mol. The molecule has 2 heterocycles. The summed E-state index contributed by atoms with van der Waals surface area (Å²) in [6.07, 6.45) is -4.63. The zero-order chi connectivity index (χ0) is 25.5. The predicted molar refractivity (Wildman–Crippen MR) is 115 cm³/mol. The molecule has 2 rings (SSSR count). The van der Waals surface area contributed by atoms with E-state index in [9.17, 15) is 9.36 Å². The maximum atomic E-state index is 13.5.